The third kappa shape index (κ3) is 6.35. The molecule has 0 radical (unpaired) electrons. The van der Waals surface area contributed by atoms with E-state index in [1.54, 1.807) is 0 Å². The highest BCUT2D eigenvalue weighted by atomic mass is 32.2. The normalized spacial score (nSPS) is 29.1. The van der Waals surface area contributed by atoms with E-state index in [0.29, 0.717) is 0 Å². The zero-order valence-corrected chi connectivity index (χ0v) is 28.0. The number of nitrogens with one attached hydrogen (secondary N) is 1. The van der Waals surface area contributed by atoms with Gasteiger partial charge in [0.15, 0.2) is 6.23 Å². The molecule has 0 unspecified atom stereocenters. The Morgan fingerprint density at radius 1 is 1.08 bits per heavy atom. The maximum atomic E-state index is 12.9. The van der Waals surface area contributed by atoms with Crippen molar-refractivity contribution in [2.24, 2.45) is 0 Å². The summed E-state index contributed by atoms with van der Waals surface area (Å²) in [6, 6.07) is 1.23. The second-order valence-electron chi connectivity index (χ2n) is 11.8. The fourth-order valence-electron chi connectivity index (χ4n) is 5.79. The number of hydrogen-bond acceptors (Lipinski definition) is 10. The van der Waals surface area contributed by atoms with Crippen molar-refractivity contribution in [3.05, 3.63) is 33.1 Å². The Bertz CT molecular complexity index is 1220. The summed E-state index contributed by atoms with van der Waals surface area (Å²) in [5.41, 5.74) is -0.900. The van der Waals surface area contributed by atoms with Crippen LogP contribution in [0.15, 0.2) is 21.9 Å². The third-order valence-corrected chi connectivity index (χ3v) is 19.3. The van der Waals surface area contributed by atoms with Crippen LogP contribution in [0.3, 0.4) is 0 Å². The molecular formula is C24H44N2O9S2Si2. The van der Waals surface area contributed by atoms with E-state index in [1.165, 1.54) is 16.8 Å². The second kappa shape index (κ2) is 11.8. The van der Waals surface area contributed by atoms with Crippen LogP contribution in [0.1, 0.15) is 68.0 Å². The Morgan fingerprint density at radius 3 is 2.13 bits per heavy atom. The van der Waals surface area contributed by atoms with Crippen LogP contribution in [0.2, 0.25) is 22.2 Å². The largest absolute Gasteiger partial charge is 0.414 e. The van der Waals surface area contributed by atoms with Crippen LogP contribution >= 0.6 is 12.6 Å². The van der Waals surface area contributed by atoms with Crippen LogP contribution < -0.4 is 11.2 Å². The van der Waals surface area contributed by atoms with Gasteiger partial charge in [0.2, 0.25) is 0 Å². The molecule has 3 rings (SSSR count). The molecule has 0 spiro atoms. The zero-order chi connectivity index (χ0) is 29.6. The van der Waals surface area contributed by atoms with Gasteiger partial charge < -0.3 is 17.7 Å². The lowest BCUT2D eigenvalue weighted by Crippen LogP contribution is -2.66. The van der Waals surface area contributed by atoms with Gasteiger partial charge in [-0.15, -0.1) is 0 Å². The van der Waals surface area contributed by atoms with Crippen molar-refractivity contribution < 1.29 is 30.3 Å². The highest BCUT2D eigenvalue weighted by Crippen LogP contribution is 2.53. The number of fused-ring (bicyclic) bond motifs is 1. The number of nitrogens with zero attached hydrogens (tertiary/aromatic N) is 1. The average Bonchev–Trinajstić information content (AvgIpc) is 3.03. The maximum Gasteiger partial charge on any atom is 0.335 e. The maximum absolute atomic E-state index is 12.9. The molecule has 1 aromatic rings. The minimum absolute atomic E-state index is 0.0314. The molecule has 2 saturated heterocycles. The second-order valence-corrected chi connectivity index (χ2v) is 23.1. The van der Waals surface area contributed by atoms with Crippen LogP contribution in [0.5, 0.6) is 0 Å². The van der Waals surface area contributed by atoms with Gasteiger partial charge in [0.25, 0.3) is 15.7 Å². The van der Waals surface area contributed by atoms with Gasteiger partial charge in [0, 0.05) is 12.3 Å². The van der Waals surface area contributed by atoms with E-state index in [0.717, 1.165) is 6.26 Å². The Labute approximate surface area is 239 Å². The standard InChI is InChI=1S/C24H44N2O9S2Si2/c1-15(2)38(16(3)4)32-14-19-21(34-39(35-38,17(5)6)18(7)8)24(36,11-13-31-37(9,29)30)22(33-19)26-12-10-20(27)25-23(26)28/h10,12,15-19,21-22,36H,11,13-14H2,1-9H3,(H,25,27,28)/t19-,21-,22-,24-/m1/s1. The minimum atomic E-state index is -3.73. The SMILES string of the molecule is CC(C)[Si]1(C(C)C)OC[C@H]2O[C@@H](n3ccc(=O)[nH]c3=O)[C@@](S)(CCOS(C)(=O)=O)[C@@H]2O[Si](C(C)C)(C(C)C)O1. The van der Waals surface area contributed by atoms with Crippen molar-refractivity contribution in [3.8, 4) is 0 Å². The molecule has 3 heterocycles. The molecule has 39 heavy (non-hydrogen) atoms. The highest BCUT2D eigenvalue weighted by Gasteiger charge is 2.65. The molecular weight excluding hydrogens is 581 g/mol. The van der Waals surface area contributed by atoms with Gasteiger partial charge >= 0.3 is 22.8 Å². The number of ether oxygens (including phenoxy) is 1. The Kier molecular flexibility index (Phi) is 9.93. The molecule has 224 valence electrons. The number of aromatic nitrogens is 2. The predicted molar refractivity (Wildman–Crippen MR) is 156 cm³/mol. The topological polar surface area (TPSA) is 135 Å². The summed E-state index contributed by atoms with van der Waals surface area (Å²) in [7, 11) is -9.66. The van der Waals surface area contributed by atoms with E-state index < -0.39 is 61.7 Å². The summed E-state index contributed by atoms with van der Waals surface area (Å²) in [6.07, 6.45) is 0.0180. The average molecular weight is 625 g/mol. The number of aromatic amines is 1. The minimum Gasteiger partial charge on any atom is -0.414 e. The van der Waals surface area contributed by atoms with Gasteiger partial charge in [-0.1, -0.05) is 55.4 Å². The summed E-state index contributed by atoms with van der Waals surface area (Å²) in [4.78, 5) is 27.0. The third-order valence-electron chi connectivity index (χ3n) is 7.79. The van der Waals surface area contributed by atoms with Crippen molar-refractivity contribution >= 4 is 39.9 Å². The Balaban J connectivity index is 2.20. The Morgan fingerprint density at radius 2 is 1.64 bits per heavy atom. The fourth-order valence-corrected chi connectivity index (χ4v) is 18.0. The van der Waals surface area contributed by atoms with E-state index in [2.05, 4.69) is 60.4 Å². The lowest BCUT2D eigenvalue weighted by Gasteiger charge is -2.52. The van der Waals surface area contributed by atoms with Gasteiger partial charge in [-0.2, -0.15) is 21.0 Å². The molecule has 1 N–H and O–H groups in total. The number of thiol groups is 1. The van der Waals surface area contributed by atoms with E-state index in [4.69, 9.17) is 34.5 Å². The number of rotatable bonds is 9. The molecule has 4 atom stereocenters. The van der Waals surface area contributed by atoms with Crippen LogP contribution in [0.25, 0.3) is 0 Å². The van der Waals surface area contributed by atoms with Crippen LogP contribution in [0, 0.1) is 0 Å². The van der Waals surface area contributed by atoms with Gasteiger partial charge in [0.1, 0.15) is 6.10 Å². The first-order chi connectivity index (χ1) is 17.9. The number of H-pyrrole nitrogens is 1. The molecule has 0 aliphatic carbocycles. The molecule has 2 fully saturated rings. The van der Waals surface area contributed by atoms with Gasteiger partial charge in [0.05, 0.1) is 30.3 Å². The lowest BCUT2D eigenvalue weighted by atomic mass is 9.95. The van der Waals surface area contributed by atoms with Crippen molar-refractivity contribution in [2.45, 2.75) is 107 Å². The van der Waals surface area contributed by atoms with E-state index in [1.807, 2.05) is 0 Å². The van der Waals surface area contributed by atoms with Crippen molar-refractivity contribution in [1.29, 1.82) is 0 Å². The van der Waals surface area contributed by atoms with Crippen molar-refractivity contribution in [1.82, 2.24) is 9.55 Å². The predicted octanol–water partition coefficient (Wildman–Crippen LogP) is 3.43. The van der Waals surface area contributed by atoms with Crippen LogP contribution in [0.4, 0.5) is 0 Å². The van der Waals surface area contributed by atoms with Gasteiger partial charge in [-0.05, 0) is 28.6 Å². The number of hydrogen-bond donors (Lipinski definition) is 2. The molecule has 0 bridgehead atoms. The van der Waals surface area contributed by atoms with Crippen LogP contribution in [-0.2, 0) is 32.0 Å². The fraction of sp³-hybridized carbons (Fsp3) is 0.833. The highest BCUT2D eigenvalue weighted by molar-refractivity contribution is 7.86. The van der Waals surface area contributed by atoms with Crippen molar-refractivity contribution in [2.75, 3.05) is 19.5 Å². The Hall–Kier alpha value is -0.786. The zero-order valence-electron chi connectivity index (χ0n) is 24.3. The monoisotopic (exact) mass is 624 g/mol. The summed E-state index contributed by atoms with van der Waals surface area (Å²) in [6.45, 7) is 16.8. The summed E-state index contributed by atoms with van der Waals surface area (Å²) < 4.78 is 56.4. The molecule has 11 nitrogen and oxygen atoms in total. The molecule has 2 aliphatic heterocycles. The smallest absolute Gasteiger partial charge is 0.335 e. The molecule has 2 aliphatic rings. The van der Waals surface area contributed by atoms with Gasteiger partial charge in [-0.3, -0.25) is 18.5 Å². The molecule has 0 amide bonds. The van der Waals surface area contributed by atoms with E-state index in [-0.39, 0.29) is 41.8 Å². The quantitative estimate of drug-likeness (QED) is 0.241. The van der Waals surface area contributed by atoms with Gasteiger partial charge in [-0.25, -0.2) is 4.79 Å². The van der Waals surface area contributed by atoms with E-state index in [9.17, 15) is 18.0 Å². The van der Waals surface area contributed by atoms with Crippen molar-refractivity contribution in [3.63, 3.8) is 0 Å². The lowest BCUT2D eigenvalue weighted by molar-refractivity contribution is -0.0571. The van der Waals surface area contributed by atoms with Crippen LogP contribution in [-0.4, -0.2) is 71.5 Å². The molecule has 0 aromatic carbocycles. The first-order valence-corrected chi connectivity index (χ1v) is 19.7. The van der Waals surface area contributed by atoms with E-state index >= 15 is 0 Å². The first kappa shape index (κ1) is 32.7. The summed E-state index contributed by atoms with van der Waals surface area (Å²) in [5.74, 6) is 0. The molecule has 0 saturated carbocycles. The summed E-state index contributed by atoms with van der Waals surface area (Å²) in [5, 5.41) is 0. The molecule has 15 heteroatoms. The summed E-state index contributed by atoms with van der Waals surface area (Å²) >= 11 is 5.08. The first-order valence-electron chi connectivity index (χ1n) is 13.4. The molecule has 1 aromatic heterocycles.